The van der Waals surface area contributed by atoms with Gasteiger partial charge >= 0.3 is 0 Å². The van der Waals surface area contributed by atoms with Crippen LogP contribution in [0.25, 0.3) is 0 Å². The highest BCUT2D eigenvalue weighted by Gasteiger charge is 2.31. The van der Waals surface area contributed by atoms with E-state index in [0.29, 0.717) is 32.5 Å². The van der Waals surface area contributed by atoms with Crippen LogP contribution in [0.5, 0.6) is 17.2 Å². The summed E-state index contributed by atoms with van der Waals surface area (Å²) in [5, 5.41) is 0. The predicted octanol–water partition coefficient (Wildman–Crippen LogP) is 3.14. The molecule has 3 rings (SSSR count). The molecule has 0 saturated carbocycles. The van der Waals surface area contributed by atoms with E-state index in [1.807, 2.05) is 59.5 Å². The Bertz CT molecular complexity index is 683. The minimum Gasteiger partial charge on any atom is -0.497 e. The maximum absolute atomic E-state index is 12.1. The summed E-state index contributed by atoms with van der Waals surface area (Å²) in [6, 6.07) is 17.2. The van der Waals surface area contributed by atoms with Crippen molar-refractivity contribution in [2.45, 2.75) is 18.9 Å². The second kappa shape index (κ2) is 8.42. The number of hydrogen-bond donors (Lipinski definition) is 0. The van der Waals surface area contributed by atoms with Crippen molar-refractivity contribution in [3.8, 4) is 17.2 Å². The Balaban J connectivity index is 1.32. The summed E-state index contributed by atoms with van der Waals surface area (Å²) in [5.41, 5.74) is 0. The van der Waals surface area contributed by atoms with Crippen molar-refractivity contribution >= 4 is 5.91 Å². The number of para-hydroxylation sites is 1. The molecule has 132 valence electrons. The van der Waals surface area contributed by atoms with E-state index < -0.39 is 0 Å². The van der Waals surface area contributed by atoms with E-state index in [1.165, 1.54) is 0 Å². The molecule has 0 N–H and O–H groups in total. The molecule has 1 saturated heterocycles. The minimum atomic E-state index is 0.0524. The van der Waals surface area contributed by atoms with Crippen molar-refractivity contribution in [2.24, 2.45) is 0 Å². The van der Waals surface area contributed by atoms with E-state index in [0.717, 1.165) is 17.2 Å². The number of benzene rings is 2. The molecule has 1 aliphatic heterocycles. The lowest BCUT2D eigenvalue weighted by Crippen LogP contribution is -2.56. The average molecular weight is 341 g/mol. The van der Waals surface area contributed by atoms with E-state index in [1.54, 1.807) is 7.11 Å². The Morgan fingerprint density at radius 1 is 1.04 bits per heavy atom. The zero-order valence-corrected chi connectivity index (χ0v) is 14.4. The third kappa shape index (κ3) is 4.89. The monoisotopic (exact) mass is 341 g/mol. The molecule has 2 aromatic carbocycles. The molecule has 0 radical (unpaired) electrons. The van der Waals surface area contributed by atoms with Crippen LogP contribution >= 0.6 is 0 Å². The van der Waals surface area contributed by atoms with Gasteiger partial charge in [-0.3, -0.25) is 4.79 Å². The number of ether oxygens (including phenoxy) is 3. The fraction of sp³-hybridized carbons (Fsp3) is 0.350. The SMILES string of the molecule is COc1cccc(OC2CN(C(=O)CCCOc3ccccc3)C2)c1. The van der Waals surface area contributed by atoms with Gasteiger partial charge in [0.15, 0.2) is 0 Å². The quantitative estimate of drug-likeness (QED) is 0.692. The van der Waals surface area contributed by atoms with Crippen molar-refractivity contribution in [3.05, 3.63) is 54.6 Å². The third-order valence-corrected chi connectivity index (χ3v) is 4.09. The molecule has 1 aliphatic rings. The van der Waals surface area contributed by atoms with Crippen LogP contribution in [0, 0.1) is 0 Å². The van der Waals surface area contributed by atoms with Crippen LogP contribution in [0.15, 0.2) is 54.6 Å². The molecular weight excluding hydrogens is 318 g/mol. The molecule has 0 spiro atoms. The molecule has 0 atom stereocenters. The van der Waals surface area contributed by atoms with E-state index in [9.17, 15) is 4.79 Å². The van der Waals surface area contributed by atoms with Gasteiger partial charge in [-0.25, -0.2) is 0 Å². The van der Waals surface area contributed by atoms with E-state index >= 15 is 0 Å². The van der Waals surface area contributed by atoms with Gasteiger partial charge in [-0.1, -0.05) is 24.3 Å². The summed E-state index contributed by atoms with van der Waals surface area (Å²) >= 11 is 0. The second-order valence-corrected chi connectivity index (χ2v) is 5.98. The van der Waals surface area contributed by atoms with Gasteiger partial charge in [0.1, 0.15) is 23.4 Å². The van der Waals surface area contributed by atoms with Gasteiger partial charge in [-0.15, -0.1) is 0 Å². The summed E-state index contributed by atoms with van der Waals surface area (Å²) in [6.45, 7) is 1.82. The van der Waals surface area contributed by atoms with Crippen LogP contribution in [0.1, 0.15) is 12.8 Å². The Morgan fingerprint density at radius 3 is 2.52 bits per heavy atom. The zero-order chi connectivity index (χ0) is 17.5. The molecule has 0 aromatic heterocycles. The first-order valence-corrected chi connectivity index (χ1v) is 8.51. The first-order valence-electron chi connectivity index (χ1n) is 8.51. The topological polar surface area (TPSA) is 48.0 Å². The van der Waals surface area contributed by atoms with Crippen LogP contribution in [-0.2, 0) is 4.79 Å². The number of nitrogens with zero attached hydrogens (tertiary/aromatic N) is 1. The van der Waals surface area contributed by atoms with Gasteiger partial charge in [0, 0.05) is 12.5 Å². The van der Waals surface area contributed by atoms with Gasteiger partial charge in [0.05, 0.1) is 26.8 Å². The second-order valence-electron chi connectivity index (χ2n) is 5.98. The molecule has 0 bridgehead atoms. The summed E-state index contributed by atoms with van der Waals surface area (Å²) in [7, 11) is 1.63. The van der Waals surface area contributed by atoms with Crippen LogP contribution in [0.3, 0.4) is 0 Å². The summed E-state index contributed by atoms with van der Waals surface area (Å²) in [4.78, 5) is 14.0. The third-order valence-electron chi connectivity index (χ3n) is 4.09. The maximum atomic E-state index is 12.1. The number of methoxy groups -OCH3 is 1. The fourth-order valence-electron chi connectivity index (χ4n) is 2.67. The van der Waals surface area contributed by atoms with Crippen molar-refractivity contribution < 1.29 is 19.0 Å². The van der Waals surface area contributed by atoms with E-state index in [2.05, 4.69) is 0 Å². The van der Waals surface area contributed by atoms with Gasteiger partial charge < -0.3 is 19.1 Å². The van der Waals surface area contributed by atoms with Gasteiger partial charge in [0.2, 0.25) is 5.91 Å². The van der Waals surface area contributed by atoms with Gasteiger partial charge in [-0.2, -0.15) is 0 Å². The van der Waals surface area contributed by atoms with Crippen molar-refractivity contribution in [2.75, 3.05) is 26.8 Å². The normalized spacial score (nSPS) is 13.9. The molecule has 0 aliphatic carbocycles. The average Bonchev–Trinajstić information content (AvgIpc) is 2.62. The number of amides is 1. The first-order chi connectivity index (χ1) is 12.2. The minimum absolute atomic E-state index is 0.0524. The maximum Gasteiger partial charge on any atom is 0.222 e. The summed E-state index contributed by atoms with van der Waals surface area (Å²) in [5.74, 6) is 2.53. The fourth-order valence-corrected chi connectivity index (χ4v) is 2.67. The van der Waals surface area contributed by atoms with Crippen LogP contribution < -0.4 is 14.2 Å². The number of hydrogen-bond acceptors (Lipinski definition) is 4. The lowest BCUT2D eigenvalue weighted by atomic mass is 10.1. The highest BCUT2D eigenvalue weighted by molar-refractivity contribution is 5.77. The van der Waals surface area contributed by atoms with Crippen LogP contribution in [-0.4, -0.2) is 43.7 Å². The lowest BCUT2D eigenvalue weighted by molar-refractivity contribution is -0.140. The smallest absolute Gasteiger partial charge is 0.222 e. The molecule has 25 heavy (non-hydrogen) atoms. The Morgan fingerprint density at radius 2 is 1.76 bits per heavy atom. The van der Waals surface area contributed by atoms with Gasteiger partial charge in [0.25, 0.3) is 0 Å². The summed E-state index contributed by atoms with van der Waals surface area (Å²) in [6.07, 6.45) is 1.27. The van der Waals surface area contributed by atoms with E-state index in [4.69, 9.17) is 14.2 Å². The summed E-state index contributed by atoms with van der Waals surface area (Å²) < 4.78 is 16.6. The highest BCUT2D eigenvalue weighted by atomic mass is 16.5. The van der Waals surface area contributed by atoms with Crippen molar-refractivity contribution in [1.82, 2.24) is 4.90 Å². The molecule has 1 amide bonds. The predicted molar refractivity (Wildman–Crippen MR) is 95.2 cm³/mol. The molecule has 1 fully saturated rings. The number of likely N-dealkylation sites (tertiary alicyclic amines) is 1. The lowest BCUT2D eigenvalue weighted by Gasteiger charge is -2.39. The zero-order valence-electron chi connectivity index (χ0n) is 14.4. The Kier molecular flexibility index (Phi) is 5.77. The van der Waals surface area contributed by atoms with Crippen molar-refractivity contribution in [1.29, 1.82) is 0 Å². The Hall–Kier alpha value is -2.69. The first kappa shape index (κ1) is 17.1. The molecule has 2 aromatic rings. The largest absolute Gasteiger partial charge is 0.497 e. The van der Waals surface area contributed by atoms with E-state index in [-0.39, 0.29) is 12.0 Å². The number of rotatable bonds is 8. The Labute approximate surface area is 148 Å². The van der Waals surface area contributed by atoms with Crippen molar-refractivity contribution in [3.63, 3.8) is 0 Å². The molecule has 5 nitrogen and oxygen atoms in total. The van der Waals surface area contributed by atoms with Gasteiger partial charge in [-0.05, 0) is 30.7 Å². The number of carbonyl (C=O) groups is 1. The molecule has 0 unspecified atom stereocenters. The standard InChI is InChI=1S/C20H23NO4/c1-23-17-9-5-10-18(13-17)25-19-14-21(15-19)20(22)11-6-12-24-16-7-3-2-4-8-16/h2-5,7-10,13,19H,6,11-12,14-15H2,1H3. The molecule has 1 heterocycles. The molecular formula is C20H23NO4. The van der Waals surface area contributed by atoms with Crippen LogP contribution in [0.4, 0.5) is 0 Å². The number of carbonyl (C=O) groups excluding carboxylic acids is 1. The van der Waals surface area contributed by atoms with Crippen LogP contribution in [0.2, 0.25) is 0 Å². The highest BCUT2D eigenvalue weighted by Crippen LogP contribution is 2.23. The molecule has 5 heteroatoms.